The van der Waals surface area contributed by atoms with Crippen molar-refractivity contribution in [2.24, 2.45) is 0 Å². The van der Waals surface area contributed by atoms with Crippen molar-refractivity contribution < 1.29 is 15.0 Å². The first-order valence-corrected chi connectivity index (χ1v) is 6.62. The normalized spacial score (nSPS) is 14.1. The van der Waals surface area contributed by atoms with Crippen LogP contribution in [-0.4, -0.2) is 33.4 Å². The van der Waals surface area contributed by atoms with Crippen LogP contribution in [0.2, 0.25) is 0 Å². The molecule has 0 bridgehead atoms. The fourth-order valence-electron chi connectivity index (χ4n) is 1.26. The Bertz CT molecular complexity index is 371. The minimum atomic E-state index is -0.952. The summed E-state index contributed by atoms with van der Waals surface area (Å²) in [6.07, 6.45) is -1.81. The quantitative estimate of drug-likeness (QED) is 0.722. The van der Waals surface area contributed by atoms with E-state index < -0.39 is 12.2 Å². The smallest absolute Gasteiger partial charge is 0.239 e. The lowest BCUT2D eigenvalue weighted by molar-refractivity contribution is -0.113. The van der Waals surface area contributed by atoms with E-state index in [1.165, 1.54) is 0 Å². The molecule has 0 saturated heterocycles. The maximum Gasteiger partial charge on any atom is 0.239 e. The highest BCUT2D eigenvalue weighted by atomic mass is 79.9. The molecule has 0 heterocycles. The van der Waals surface area contributed by atoms with Crippen LogP contribution in [0.25, 0.3) is 0 Å². The highest BCUT2D eigenvalue weighted by Crippen LogP contribution is 2.20. The largest absolute Gasteiger partial charge is 0.389 e. The summed E-state index contributed by atoms with van der Waals surface area (Å²) in [7, 11) is 0. The van der Waals surface area contributed by atoms with Gasteiger partial charge in [0.05, 0.1) is 6.10 Å². The molecule has 0 fully saturated rings. The molecule has 6 heteroatoms. The Morgan fingerprint density at radius 3 is 2.41 bits per heavy atom. The SMILES string of the molecule is O=C(CCl)Nc1ccc(C(O)C(O)CBr)cc1. The summed E-state index contributed by atoms with van der Waals surface area (Å²) >= 11 is 8.44. The number of aliphatic hydroxyl groups excluding tert-OH is 2. The molecular formula is C11H13BrClNO3. The summed E-state index contributed by atoms with van der Waals surface area (Å²) in [5.74, 6) is -0.396. The molecule has 0 aliphatic rings. The molecule has 0 aromatic heterocycles. The van der Waals surface area contributed by atoms with Crippen LogP contribution in [0, 0.1) is 0 Å². The summed E-state index contributed by atoms with van der Waals surface area (Å²) in [6, 6.07) is 6.56. The van der Waals surface area contributed by atoms with Gasteiger partial charge in [0.1, 0.15) is 12.0 Å². The third kappa shape index (κ3) is 4.27. The number of hydrogen-bond donors (Lipinski definition) is 3. The van der Waals surface area contributed by atoms with E-state index in [9.17, 15) is 15.0 Å². The highest BCUT2D eigenvalue weighted by Gasteiger charge is 2.16. The molecule has 1 aromatic rings. The summed E-state index contributed by atoms with van der Waals surface area (Å²) < 4.78 is 0. The number of carbonyl (C=O) groups excluding carboxylic acids is 1. The molecule has 94 valence electrons. The van der Waals surface area contributed by atoms with E-state index in [1.54, 1.807) is 24.3 Å². The first kappa shape index (κ1) is 14.4. The highest BCUT2D eigenvalue weighted by molar-refractivity contribution is 9.09. The predicted molar refractivity (Wildman–Crippen MR) is 70.6 cm³/mol. The van der Waals surface area contributed by atoms with Gasteiger partial charge in [-0.2, -0.15) is 0 Å². The minimum Gasteiger partial charge on any atom is -0.389 e. The van der Waals surface area contributed by atoms with E-state index in [0.717, 1.165) is 0 Å². The van der Waals surface area contributed by atoms with Gasteiger partial charge in [-0.25, -0.2) is 0 Å². The van der Waals surface area contributed by atoms with E-state index in [1.807, 2.05) is 0 Å². The Morgan fingerprint density at radius 2 is 1.94 bits per heavy atom. The molecule has 4 nitrogen and oxygen atoms in total. The summed E-state index contributed by atoms with van der Waals surface area (Å²) in [6.45, 7) is 0. The molecule has 1 aromatic carbocycles. The molecular weight excluding hydrogens is 309 g/mol. The molecule has 2 unspecified atom stereocenters. The lowest BCUT2D eigenvalue weighted by atomic mass is 10.1. The molecule has 0 spiro atoms. The zero-order chi connectivity index (χ0) is 12.8. The summed E-state index contributed by atoms with van der Waals surface area (Å²) in [5.41, 5.74) is 1.18. The molecule has 2 atom stereocenters. The standard InChI is InChI=1S/C11H13BrClNO3/c12-5-9(15)11(17)7-1-3-8(4-2-7)14-10(16)6-13/h1-4,9,11,15,17H,5-6H2,(H,14,16). The zero-order valence-electron chi connectivity index (χ0n) is 8.94. The van der Waals surface area contributed by atoms with Gasteiger partial charge in [0.2, 0.25) is 5.91 Å². The second-order valence-electron chi connectivity index (χ2n) is 3.47. The van der Waals surface area contributed by atoms with Gasteiger partial charge < -0.3 is 15.5 Å². The Kier molecular flexibility index (Phi) is 5.91. The van der Waals surface area contributed by atoms with E-state index in [4.69, 9.17) is 11.6 Å². The van der Waals surface area contributed by atoms with E-state index in [-0.39, 0.29) is 11.8 Å². The number of amides is 1. The fraction of sp³-hybridized carbons (Fsp3) is 0.364. The van der Waals surface area contributed by atoms with Gasteiger partial charge in [0.25, 0.3) is 0 Å². The van der Waals surface area contributed by atoms with Crippen molar-refractivity contribution in [2.45, 2.75) is 12.2 Å². The van der Waals surface area contributed by atoms with Crippen LogP contribution in [0.1, 0.15) is 11.7 Å². The minimum absolute atomic E-state index is 0.104. The molecule has 1 amide bonds. The average Bonchev–Trinajstić information content (AvgIpc) is 2.37. The van der Waals surface area contributed by atoms with Gasteiger partial charge in [-0.3, -0.25) is 4.79 Å². The van der Waals surface area contributed by atoms with Gasteiger partial charge in [0.15, 0.2) is 0 Å². The number of alkyl halides is 2. The molecule has 0 aliphatic carbocycles. The van der Waals surface area contributed by atoms with Gasteiger partial charge in [-0.1, -0.05) is 28.1 Å². The van der Waals surface area contributed by atoms with Crippen molar-refractivity contribution in [1.29, 1.82) is 0 Å². The number of carbonyl (C=O) groups is 1. The number of hydrogen-bond acceptors (Lipinski definition) is 3. The summed E-state index contributed by atoms with van der Waals surface area (Å²) in [5, 5.41) is 22.0. The van der Waals surface area contributed by atoms with Crippen molar-refractivity contribution >= 4 is 39.1 Å². The predicted octanol–water partition coefficient (Wildman–Crippen LogP) is 1.65. The number of halogens is 2. The van der Waals surface area contributed by atoms with Gasteiger partial charge >= 0.3 is 0 Å². The topological polar surface area (TPSA) is 69.6 Å². The summed E-state index contributed by atoms with van der Waals surface area (Å²) in [4.78, 5) is 11.0. The first-order chi connectivity index (χ1) is 8.08. The van der Waals surface area contributed by atoms with Crippen LogP contribution >= 0.6 is 27.5 Å². The Hall–Kier alpha value is -0.620. The monoisotopic (exact) mass is 321 g/mol. The molecule has 17 heavy (non-hydrogen) atoms. The third-order valence-electron chi connectivity index (χ3n) is 2.18. The molecule has 3 N–H and O–H groups in total. The van der Waals surface area contributed by atoms with E-state index >= 15 is 0 Å². The van der Waals surface area contributed by atoms with Crippen LogP contribution in [0.15, 0.2) is 24.3 Å². The Morgan fingerprint density at radius 1 is 1.35 bits per heavy atom. The zero-order valence-corrected chi connectivity index (χ0v) is 11.3. The van der Waals surface area contributed by atoms with Gasteiger partial charge in [-0.05, 0) is 17.7 Å². The van der Waals surface area contributed by atoms with Crippen molar-refractivity contribution in [2.75, 3.05) is 16.5 Å². The lowest BCUT2D eigenvalue weighted by Gasteiger charge is -2.16. The van der Waals surface area contributed by atoms with Crippen LogP contribution in [0.5, 0.6) is 0 Å². The molecule has 0 aliphatic heterocycles. The molecule has 1 rings (SSSR count). The fourth-order valence-corrected chi connectivity index (χ4v) is 1.69. The van der Waals surface area contributed by atoms with Crippen LogP contribution in [0.3, 0.4) is 0 Å². The number of benzene rings is 1. The average molecular weight is 323 g/mol. The second-order valence-corrected chi connectivity index (χ2v) is 4.39. The molecule has 0 saturated carbocycles. The van der Waals surface area contributed by atoms with E-state index in [0.29, 0.717) is 16.6 Å². The lowest BCUT2D eigenvalue weighted by Crippen LogP contribution is -2.19. The number of rotatable bonds is 5. The number of anilines is 1. The maximum atomic E-state index is 11.0. The van der Waals surface area contributed by atoms with E-state index in [2.05, 4.69) is 21.2 Å². The maximum absolute atomic E-state index is 11.0. The molecule has 0 radical (unpaired) electrons. The van der Waals surface area contributed by atoms with Crippen molar-refractivity contribution in [3.05, 3.63) is 29.8 Å². The van der Waals surface area contributed by atoms with Crippen LogP contribution in [0.4, 0.5) is 5.69 Å². The van der Waals surface area contributed by atoms with Crippen LogP contribution in [-0.2, 0) is 4.79 Å². The van der Waals surface area contributed by atoms with Crippen LogP contribution < -0.4 is 5.32 Å². The van der Waals surface area contributed by atoms with Gasteiger partial charge in [0, 0.05) is 11.0 Å². The van der Waals surface area contributed by atoms with Crippen molar-refractivity contribution in [3.63, 3.8) is 0 Å². The number of nitrogens with one attached hydrogen (secondary N) is 1. The Labute approximate surface area is 113 Å². The van der Waals surface area contributed by atoms with Crippen molar-refractivity contribution in [3.8, 4) is 0 Å². The first-order valence-electron chi connectivity index (χ1n) is 4.96. The Balaban J connectivity index is 2.70. The van der Waals surface area contributed by atoms with Gasteiger partial charge in [-0.15, -0.1) is 11.6 Å². The number of aliphatic hydroxyl groups is 2. The van der Waals surface area contributed by atoms with Crippen molar-refractivity contribution in [1.82, 2.24) is 0 Å². The second kappa shape index (κ2) is 6.96. The third-order valence-corrected chi connectivity index (χ3v) is 3.09.